The molecule has 3 aromatic rings. The van der Waals surface area contributed by atoms with Gasteiger partial charge in [0.2, 0.25) is 5.78 Å². The third-order valence-electron chi connectivity index (χ3n) is 4.86. The zero-order valence-electron chi connectivity index (χ0n) is 16.3. The number of fused-ring (bicyclic) bond motifs is 1. The Hall–Kier alpha value is -3.40. The fourth-order valence-corrected chi connectivity index (χ4v) is 3.13. The summed E-state index contributed by atoms with van der Waals surface area (Å²) in [5.74, 6) is 1.40. The number of halogens is 1. The molecular formula is C25H21FO3. The molecule has 0 saturated heterocycles. The van der Waals surface area contributed by atoms with E-state index in [1.165, 1.54) is 17.7 Å². The van der Waals surface area contributed by atoms with Crippen LogP contribution in [0, 0.1) is 5.82 Å². The number of carbonyl (C=O) groups excluding carboxylic acids is 1. The minimum Gasteiger partial charge on any atom is -0.489 e. The molecule has 3 aromatic carbocycles. The van der Waals surface area contributed by atoms with Crippen molar-refractivity contribution < 1.29 is 18.7 Å². The van der Waals surface area contributed by atoms with E-state index < -0.39 is 0 Å². The van der Waals surface area contributed by atoms with Crippen molar-refractivity contribution in [3.63, 3.8) is 0 Å². The highest BCUT2D eigenvalue weighted by Crippen LogP contribution is 2.35. The molecule has 4 heteroatoms. The second-order valence-electron chi connectivity index (χ2n) is 7.33. The van der Waals surface area contributed by atoms with Crippen LogP contribution in [0.2, 0.25) is 0 Å². The summed E-state index contributed by atoms with van der Waals surface area (Å²) in [5.41, 5.74) is 3.54. The molecule has 0 aromatic heterocycles. The second-order valence-corrected chi connectivity index (χ2v) is 7.33. The number of ether oxygens (including phenoxy) is 2. The Kier molecular flexibility index (Phi) is 5.17. The number of allylic oxidation sites excluding steroid dienone is 1. The summed E-state index contributed by atoms with van der Waals surface area (Å²) >= 11 is 0. The van der Waals surface area contributed by atoms with Crippen LogP contribution in [-0.4, -0.2) is 5.78 Å². The fourth-order valence-electron chi connectivity index (χ4n) is 3.13. The highest BCUT2D eigenvalue weighted by Gasteiger charge is 2.27. The lowest BCUT2D eigenvalue weighted by atomic mass is 10.0. The molecule has 0 aliphatic carbocycles. The van der Waals surface area contributed by atoms with Gasteiger partial charge in [-0.05, 0) is 52.9 Å². The van der Waals surface area contributed by atoms with Crippen LogP contribution in [0.15, 0.2) is 72.5 Å². The van der Waals surface area contributed by atoms with Gasteiger partial charge in [0.15, 0.2) is 5.76 Å². The molecule has 4 rings (SSSR count). The van der Waals surface area contributed by atoms with Gasteiger partial charge in [0, 0.05) is 6.07 Å². The SMILES string of the molecule is CC(C)c1ccc(/C=C2\Oc3cc(OCc4ccc(F)cc4)ccc3C2=O)cc1. The molecule has 1 aliphatic rings. The van der Waals surface area contributed by atoms with Crippen molar-refractivity contribution in [2.75, 3.05) is 0 Å². The Morgan fingerprint density at radius 3 is 2.41 bits per heavy atom. The zero-order chi connectivity index (χ0) is 20.4. The molecule has 0 saturated carbocycles. The van der Waals surface area contributed by atoms with Gasteiger partial charge in [-0.3, -0.25) is 4.79 Å². The van der Waals surface area contributed by atoms with E-state index in [1.54, 1.807) is 36.4 Å². The maximum Gasteiger partial charge on any atom is 0.231 e. The number of benzene rings is 3. The quantitative estimate of drug-likeness (QED) is 0.492. The Bertz CT molecular complexity index is 1060. The topological polar surface area (TPSA) is 35.5 Å². The molecule has 0 amide bonds. The van der Waals surface area contributed by atoms with Gasteiger partial charge in [-0.25, -0.2) is 4.39 Å². The van der Waals surface area contributed by atoms with E-state index in [9.17, 15) is 9.18 Å². The van der Waals surface area contributed by atoms with Crippen LogP contribution in [0.25, 0.3) is 6.08 Å². The summed E-state index contributed by atoms with van der Waals surface area (Å²) in [5, 5.41) is 0. The van der Waals surface area contributed by atoms with E-state index in [0.29, 0.717) is 35.3 Å². The predicted molar refractivity (Wildman–Crippen MR) is 111 cm³/mol. The molecule has 29 heavy (non-hydrogen) atoms. The summed E-state index contributed by atoms with van der Waals surface area (Å²) in [6, 6.07) is 19.4. The first kappa shape index (κ1) is 18.9. The van der Waals surface area contributed by atoms with Crippen molar-refractivity contribution >= 4 is 11.9 Å². The van der Waals surface area contributed by atoms with Crippen molar-refractivity contribution in [3.8, 4) is 11.5 Å². The monoisotopic (exact) mass is 388 g/mol. The van der Waals surface area contributed by atoms with E-state index in [2.05, 4.69) is 26.0 Å². The summed E-state index contributed by atoms with van der Waals surface area (Å²) in [4.78, 5) is 12.6. The summed E-state index contributed by atoms with van der Waals surface area (Å²) in [7, 11) is 0. The maximum atomic E-state index is 13.0. The Balaban J connectivity index is 1.48. The zero-order valence-corrected chi connectivity index (χ0v) is 16.3. The summed E-state index contributed by atoms with van der Waals surface area (Å²) in [6.45, 7) is 4.59. The highest BCUT2D eigenvalue weighted by molar-refractivity contribution is 6.14. The molecule has 0 radical (unpaired) electrons. The third-order valence-corrected chi connectivity index (χ3v) is 4.86. The van der Waals surface area contributed by atoms with Gasteiger partial charge in [-0.1, -0.05) is 50.2 Å². The van der Waals surface area contributed by atoms with E-state index >= 15 is 0 Å². The molecule has 0 fully saturated rings. The standard InChI is InChI=1S/C25H21FO3/c1-16(2)19-7-3-17(4-8-19)13-24-25(27)22-12-11-21(14-23(22)29-24)28-15-18-5-9-20(26)10-6-18/h3-14,16H,15H2,1-2H3/b24-13-. The number of ketones is 1. The normalized spacial score (nSPS) is 14.2. The molecule has 1 aliphatic heterocycles. The molecule has 0 spiro atoms. The molecule has 0 atom stereocenters. The van der Waals surface area contributed by atoms with E-state index in [4.69, 9.17) is 9.47 Å². The lowest BCUT2D eigenvalue weighted by molar-refractivity contribution is 0.101. The lowest BCUT2D eigenvalue weighted by Crippen LogP contribution is -1.98. The van der Waals surface area contributed by atoms with Crippen LogP contribution >= 0.6 is 0 Å². The number of hydrogen-bond donors (Lipinski definition) is 0. The number of hydrogen-bond acceptors (Lipinski definition) is 3. The molecular weight excluding hydrogens is 367 g/mol. The minimum absolute atomic E-state index is 0.141. The number of rotatable bonds is 5. The Morgan fingerprint density at radius 2 is 1.72 bits per heavy atom. The number of carbonyl (C=O) groups is 1. The van der Waals surface area contributed by atoms with Crippen LogP contribution in [0.4, 0.5) is 4.39 Å². The maximum absolute atomic E-state index is 13.0. The Morgan fingerprint density at radius 1 is 1.00 bits per heavy atom. The van der Waals surface area contributed by atoms with Crippen LogP contribution in [0.5, 0.6) is 11.5 Å². The molecule has 3 nitrogen and oxygen atoms in total. The van der Waals surface area contributed by atoms with E-state index in [-0.39, 0.29) is 11.6 Å². The average molecular weight is 388 g/mol. The van der Waals surface area contributed by atoms with Gasteiger partial charge in [0.1, 0.15) is 23.9 Å². The van der Waals surface area contributed by atoms with Crippen molar-refractivity contribution in [1.82, 2.24) is 0 Å². The van der Waals surface area contributed by atoms with Crippen molar-refractivity contribution in [2.45, 2.75) is 26.4 Å². The van der Waals surface area contributed by atoms with Crippen molar-refractivity contribution in [3.05, 3.63) is 101 Å². The first-order valence-corrected chi connectivity index (χ1v) is 9.55. The highest BCUT2D eigenvalue weighted by atomic mass is 19.1. The smallest absolute Gasteiger partial charge is 0.231 e. The lowest BCUT2D eigenvalue weighted by Gasteiger charge is -2.07. The molecule has 0 N–H and O–H groups in total. The van der Waals surface area contributed by atoms with E-state index in [1.807, 2.05) is 12.1 Å². The van der Waals surface area contributed by atoms with Crippen molar-refractivity contribution in [1.29, 1.82) is 0 Å². The average Bonchev–Trinajstić information content (AvgIpc) is 3.03. The van der Waals surface area contributed by atoms with Crippen LogP contribution < -0.4 is 9.47 Å². The van der Waals surface area contributed by atoms with Gasteiger partial charge in [-0.15, -0.1) is 0 Å². The molecule has 0 bridgehead atoms. The van der Waals surface area contributed by atoms with Gasteiger partial charge in [0.05, 0.1) is 5.56 Å². The van der Waals surface area contributed by atoms with E-state index in [0.717, 1.165) is 11.1 Å². The first-order chi connectivity index (χ1) is 14.0. The Labute approximate surface area is 169 Å². The number of Topliss-reactive ketones (excluding diaryl/α,β-unsaturated/α-hetero) is 1. The van der Waals surface area contributed by atoms with Crippen LogP contribution in [-0.2, 0) is 6.61 Å². The van der Waals surface area contributed by atoms with Gasteiger partial charge in [0.25, 0.3) is 0 Å². The molecule has 146 valence electrons. The molecule has 0 unspecified atom stereocenters. The molecule has 1 heterocycles. The third kappa shape index (κ3) is 4.21. The van der Waals surface area contributed by atoms with Gasteiger partial charge < -0.3 is 9.47 Å². The van der Waals surface area contributed by atoms with Crippen molar-refractivity contribution in [2.24, 2.45) is 0 Å². The summed E-state index contributed by atoms with van der Waals surface area (Å²) < 4.78 is 24.5. The second kappa shape index (κ2) is 7.92. The van der Waals surface area contributed by atoms with Crippen LogP contribution in [0.1, 0.15) is 46.8 Å². The van der Waals surface area contributed by atoms with Gasteiger partial charge >= 0.3 is 0 Å². The minimum atomic E-state index is -0.281. The van der Waals surface area contributed by atoms with Crippen LogP contribution in [0.3, 0.4) is 0 Å². The predicted octanol–water partition coefficient (Wildman–Crippen LogP) is 6.14. The largest absolute Gasteiger partial charge is 0.489 e. The fraction of sp³-hybridized carbons (Fsp3) is 0.160. The first-order valence-electron chi connectivity index (χ1n) is 9.55. The summed E-state index contributed by atoms with van der Waals surface area (Å²) in [6.07, 6.45) is 1.76. The van der Waals surface area contributed by atoms with Gasteiger partial charge in [-0.2, -0.15) is 0 Å².